The van der Waals surface area contributed by atoms with Gasteiger partial charge in [-0.1, -0.05) is 36.4 Å². The predicted octanol–water partition coefficient (Wildman–Crippen LogP) is 1.76. The summed E-state index contributed by atoms with van der Waals surface area (Å²) in [4.78, 5) is 35.4. The second kappa shape index (κ2) is 8.32. The number of anilines is 2. The highest BCUT2D eigenvalue weighted by Crippen LogP contribution is 2.26. The Labute approximate surface area is 184 Å². The number of aryl methyl sites for hydroxylation is 1. The van der Waals surface area contributed by atoms with Gasteiger partial charge in [-0.2, -0.15) is 0 Å². The second-order valence-corrected chi connectivity index (χ2v) is 7.85. The summed E-state index contributed by atoms with van der Waals surface area (Å²) in [5.74, 6) is -0.890. The van der Waals surface area contributed by atoms with Crippen LogP contribution in [0.15, 0.2) is 58.1 Å². The Morgan fingerprint density at radius 3 is 2.47 bits per heavy atom. The molecule has 0 radical (unpaired) electrons. The van der Waals surface area contributed by atoms with E-state index in [1.54, 1.807) is 17.7 Å². The van der Waals surface area contributed by atoms with Crippen LogP contribution in [-0.2, 0) is 26.6 Å². The Kier molecular flexibility index (Phi) is 5.54. The van der Waals surface area contributed by atoms with E-state index in [9.17, 15) is 14.4 Å². The number of nitrogens with two attached hydrogens (primary N) is 2. The first-order valence-corrected chi connectivity index (χ1v) is 10.2. The van der Waals surface area contributed by atoms with Crippen LogP contribution < -0.4 is 27.2 Å². The van der Waals surface area contributed by atoms with Gasteiger partial charge in [-0.15, -0.1) is 0 Å². The minimum Gasteiger partial charge on any atom is -0.477 e. The summed E-state index contributed by atoms with van der Waals surface area (Å²) < 4.78 is 1.68. The van der Waals surface area contributed by atoms with Gasteiger partial charge >= 0.3 is 5.97 Å². The Balaban J connectivity index is 0.000000165. The third-order valence-corrected chi connectivity index (χ3v) is 5.93. The van der Waals surface area contributed by atoms with Crippen molar-refractivity contribution < 1.29 is 9.90 Å². The van der Waals surface area contributed by atoms with E-state index in [-0.39, 0.29) is 5.69 Å². The number of fused-ring (bicyclic) bond motifs is 2. The van der Waals surface area contributed by atoms with Crippen molar-refractivity contribution in [2.24, 2.45) is 12.8 Å². The molecule has 0 spiro atoms. The molecule has 0 saturated heterocycles. The van der Waals surface area contributed by atoms with E-state index in [2.05, 4.69) is 12.1 Å². The number of aromatic nitrogens is 1. The molecule has 0 unspecified atom stereocenters. The fourth-order valence-corrected chi connectivity index (χ4v) is 4.13. The first kappa shape index (κ1) is 21.3. The van der Waals surface area contributed by atoms with Crippen LogP contribution in [0.5, 0.6) is 0 Å². The highest BCUT2D eigenvalue weighted by Gasteiger charge is 2.26. The molecule has 0 amide bonds. The summed E-state index contributed by atoms with van der Waals surface area (Å²) in [6.45, 7) is 1.82. The molecule has 2 heterocycles. The summed E-state index contributed by atoms with van der Waals surface area (Å²) in [5.41, 5.74) is 15.5. The van der Waals surface area contributed by atoms with E-state index in [1.165, 1.54) is 5.56 Å². The smallest absolute Gasteiger partial charge is 0.352 e. The number of nitrogens with zero attached hydrogens (tertiary/aromatic N) is 2. The van der Waals surface area contributed by atoms with Gasteiger partial charge in [-0.05, 0) is 35.2 Å². The van der Waals surface area contributed by atoms with E-state index in [0.29, 0.717) is 31.0 Å². The Bertz CT molecular complexity index is 1400. The molecule has 1 aliphatic heterocycles. The lowest BCUT2D eigenvalue weighted by molar-refractivity contribution is 0.0687. The van der Waals surface area contributed by atoms with Crippen LogP contribution in [0, 0.1) is 0 Å². The maximum absolute atomic E-state index is 11.6. The first-order valence-electron chi connectivity index (χ1n) is 10.2. The highest BCUT2D eigenvalue weighted by molar-refractivity contribution is 5.94. The monoisotopic (exact) mass is 432 g/mol. The fourth-order valence-electron chi connectivity index (χ4n) is 4.13. The molecule has 5 rings (SSSR count). The van der Waals surface area contributed by atoms with Crippen LogP contribution in [0.3, 0.4) is 0 Å². The Morgan fingerprint density at radius 1 is 1.06 bits per heavy atom. The minimum absolute atomic E-state index is 0.100. The van der Waals surface area contributed by atoms with Crippen LogP contribution in [0.25, 0.3) is 10.9 Å². The quantitative estimate of drug-likeness (QED) is 0.420. The largest absolute Gasteiger partial charge is 0.477 e. The van der Waals surface area contributed by atoms with Crippen molar-refractivity contribution in [1.82, 2.24) is 4.57 Å². The normalized spacial score (nSPS) is 13.0. The minimum atomic E-state index is -0.890. The van der Waals surface area contributed by atoms with Gasteiger partial charge in [0.25, 0.3) is 10.9 Å². The van der Waals surface area contributed by atoms with Crippen LogP contribution in [0.4, 0.5) is 11.4 Å². The topological polar surface area (TPSA) is 132 Å². The average molecular weight is 432 g/mol. The molecule has 8 nitrogen and oxygen atoms in total. The summed E-state index contributed by atoms with van der Waals surface area (Å²) in [6.07, 6.45) is 0.846. The first-order chi connectivity index (χ1) is 15.3. The molecule has 32 heavy (non-hydrogen) atoms. The van der Waals surface area contributed by atoms with Gasteiger partial charge in [0, 0.05) is 37.6 Å². The lowest BCUT2D eigenvalue weighted by Crippen LogP contribution is -2.44. The number of carboxylic acid groups (broad SMARTS) is 1. The number of para-hydroxylation sites is 1. The van der Waals surface area contributed by atoms with E-state index in [0.717, 1.165) is 28.5 Å². The molecule has 0 aliphatic carbocycles. The number of hydrogen-bond donors (Lipinski definition) is 3. The van der Waals surface area contributed by atoms with E-state index in [1.807, 2.05) is 35.2 Å². The number of benzene rings is 2. The number of nitrogen functional groups attached to an aromatic ring is 1. The van der Waals surface area contributed by atoms with Crippen molar-refractivity contribution in [3.63, 3.8) is 0 Å². The standard InChI is InChI=1S/C14H15N3O2.C10H9NO2/c15-6-8-1-2-9-3-4-17(7-10(9)5-8)12-11(16)13(18)14(12)19;1-11-8-5-3-2-4-7(8)6-9(11)10(12)13/h1-2,5H,3-4,6-7,15-16H2;2-6H,1H3,(H,12,13). The van der Waals surface area contributed by atoms with E-state index in [4.69, 9.17) is 16.6 Å². The van der Waals surface area contributed by atoms with Crippen molar-refractivity contribution >= 4 is 28.2 Å². The third kappa shape index (κ3) is 3.65. The number of rotatable bonds is 3. The summed E-state index contributed by atoms with van der Waals surface area (Å²) in [6, 6.07) is 15.5. The third-order valence-electron chi connectivity index (χ3n) is 5.93. The Morgan fingerprint density at radius 2 is 1.81 bits per heavy atom. The van der Waals surface area contributed by atoms with Crippen LogP contribution in [-0.4, -0.2) is 22.2 Å². The van der Waals surface area contributed by atoms with E-state index >= 15 is 0 Å². The fraction of sp³-hybridized carbons (Fsp3) is 0.208. The lowest BCUT2D eigenvalue weighted by atomic mass is 9.96. The second-order valence-electron chi connectivity index (χ2n) is 7.85. The summed E-state index contributed by atoms with van der Waals surface area (Å²) in [7, 11) is 1.76. The van der Waals surface area contributed by atoms with Gasteiger partial charge in [0.05, 0.1) is 0 Å². The lowest BCUT2D eigenvalue weighted by Gasteiger charge is -2.31. The number of carboxylic acids is 1. The molecule has 0 fully saturated rings. The summed E-state index contributed by atoms with van der Waals surface area (Å²) >= 11 is 0. The molecule has 3 aromatic carbocycles. The molecule has 0 bridgehead atoms. The van der Waals surface area contributed by atoms with Crippen molar-refractivity contribution in [3.05, 3.63) is 91.4 Å². The zero-order chi connectivity index (χ0) is 23.0. The molecule has 0 atom stereocenters. The van der Waals surface area contributed by atoms with Gasteiger partial charge in [-0.3, -0.25) is 9.59 Å². The van der Waals surface area contributed by atoms with Crippen LogP contribution >= 0.6 is 0 Å². The highest BCUT2D eigenvalue weighted by atomic mass is 16.4. The molecular formula is C24H24N4O4. The van der Waals surface area contributed by atoms with Gasteiger partial charge in [0.2, 0.25) is 0 Å². The molecular weight excluding hydrogens is 408 g/mol. The van der Waals surface area contributed by atoms with Gasteiger partial charge in [0.15, 0.2) is 0 Å². The predicted molar refractivity (Wildman–Crippen MR) is 125 cm³/mol. The molecule has 1 aliphatic rings. The number of aromatic carboxylic acids is 1. The zero-order valence-corrected chi connectivity index (χ0v) is 17.7. The molecule has 8 heteroatoms. The molecule has 5 N–H and O–H groups in total. The van der Waals surface area contributed by atoms with Gasteiger partial charge < -0.3 is 26.0 Å². The van der Waals surface area contributed by atoms with Crippen LogP contribution in [0.2, 0.25) is 0 Å². The molecule has 4 aromatic rings. The van der Waals surface area contributed by atoms with Gasteiger partial charge in [0.1, 0.15) is 17.1 Å². The van der Waals surface area contributed by atoms with Crippen LogP contribution in [0.1, 0.15) is 27.2 Å². The molecule has 0 saturated carbocycles. The maximum atomic E-state index is 11.6. The Hall–Kier alpha value is -3.91. The average Bonchev–Trinajstić information content (AvgIpc) is 3.16. The van der Waals surface area contributed by atoms with Crippen molar-refractivity contribution in [3.8, 4) is 0 Å². The van der Waals surface area contributed by atoms with E-state index < -0.39 is 16.8 Å². The zero-order valence-electron chi connectivity index (χ0n) is 17.7. The molecule has 164 valence electrons. The SMILES string of the molecule is Cn1c(C(=O)O)cc2ccccc21.NCc1ccc2c(c1)CN(c1c(N)c(=O)c1=O)CC2. The van der Waals surface area contributed by atoms with Crippen molar-refractivity contribution in [1.29, 1.82) is 0 Å². The molecule has 1 aromatic heterocycles. The maximum Gasteiger partial charge on any atom is 0.352 e. The van der Waals surface area contributed by atoms with Crippen molar-refractivity contribution in [2.75, 3.05) is 17.2 Å². The van der Waals surface area contributed by atoms with Crippen molar-refractivity contribution in [2.45, 2.75) is 19.5 Å². The summed E-state index contributed by atoms with van der Waals surface area (Å²) in [5, 5.41) is 9.81. The van der Waals surface area contributed by atoms with Gasteiger partial charge in [-0.25, -0.2) is 4.79 Å². The number of hydrogen-bond acceptors (Lipinski definition) is 6. The number of carbonyl (C=O) groups is 1.